The van der Waals surface area contributed by atoms with Crippen molar-refractivity contribution in [3.05, 3.63) is 53.2 Å². The second kappa shape index (κ2) is 16.4. The van der Waals surface area contributed by atoms with Crippen molar-refractivity contribution in [3.63, 3.8) is 0 Å². The Morgan fingerprint density at radius 3 is 2.18 bits per heavy atom. The SMILES string of the molecule is COC1=CC(CC=O)C(CCCNCC(C)c2cccc(OC)c2)(C(C)C)C(OC)=C1OC.O=C(O)C(=O)O. The van der Waals surface area contributed by atoms with Gasteiger partial charge in [-0.05, 0) is 55.0 Å². The molecule has 10 heteroatoms. The second-order valence-electron chi connectivity index (χ2n) is 9.60. The molecule has 2 rings (SSSR count). The summed E-state index contributed by atoms with van der Waals surface area (Å²) in [6.45, 7) is 8.34. The average Bonchev–Trinajstić information content (AvgIpc) is 2.92. The summed E-state index contributed by atoms with van der Waals surface area (Å²) in [6.07, 6.45) is 5.25. The number of ether oxygens (including phenoxy) is 4. The van der Waals surface area contributed by atoms with Gasteiger partial charge in [0.25, 0.3) is 0 Å². The van der Waals surface area contributed by atoms with Gasteiger partial charge in [-0.25, -0.2) is 9.59 Å². The van der Waals surface area contributed by atoms with E-state index in [4.69, 9.17) is 38.7 Å². The van der Waals surface area contributed by atoms with Gasteiger partial charge < -0.3 is 39.3 Å². The number of methoxy groups -OCH3 is 4. The quantitative estimate of drug-likeness (QED) is 0.175. The minimum absolute atomic E-state index is 0.0190. The number of carbonyl (C=O) groups excluding carboxylic acids is 1. The van der Waals surface area contributed by atoms with Crippen molar-refractivity contribution >= 4 is 18.2 Å². The molecule has 3 N–H and O–H groups in total. The zero-order chi connectivity index (χ0) is 29.6. The molecule has 0 fully saturated rings. The van der Waals surface area contributed by atoms with Crippen LogP contribution in [0.5, 0.6) is 5.75 Å². The fourth-order valence-corrected chi connectivity index (χ4v) is 5.09. The van der Waals surface area contributed by atoms with Gasteiger partial charge in [0.2, 0.25) is 0 Å². The van der Waals surface area contributed by atoms with Gasteiger partial charge in [-0.3, -0.25) is 0 Å². The van der Waals surface area contributed by atoms with E-state index >= 15 is 0 Å². The summed E-state index contributed by atoms with van der Waals surface area (Å²) in [7, 11) is 6.62. The number of hydrogen-bond acceptors (Lipinski definition) is 8. The van der Waals surface area contributed by atoms with Crippen LogP contribution in [-0.4, -0.2) is 70.0 Å². The van der Waals surface area contributed by atoms with Gasteiger partial charge in [-0.2, -0.15) is 0 Å². The van der Waals surface area contributed by atoms with E-state index in [1.165, 1.54) is 5.56 Å². The number of carboxylic acid groups (broad SMARTS) is 2. The maximum atomic E-state index is 11.6. The third-order valence-electron chi connectivity index (χ3n) is 7.12. The van der Waals surface area contributed by atoms with E-state index in [-0.39, 0.29) is 17.3 Å². The van der Waals surface area contributed by atoms with Crippen LogP contribution in [0.15, 0.2) is 47.6 Å². The maximum absolute atomic E-state index is 11.6. The second-order valence-corrected chi connectivity index (χ2v) is 9.60. The summed E-state index contributed by atoms with van der Waals surface area (Å²) in [4.78, 5) is 29.8. The predicted octanol–water partition coefficient (Wildman–Crippen LogP) is 4.22. The molecular weight excluding hydrogens is 506 g/mol. The Kier molecular flexibility index (Phi) is 14.1. The molecule has 10 nitrogen and oxygen atoms in total. The molecule has 0 saturated heterocycles. The van der Waals surface area contributed by atoms with Crippen LogP contribution in [-0.2, 0) is 28.6 Å². The van der Waals surface area contributed by atoms with E-state index < -0.39 is 11.9 Å². The molecule has 39 heavy (non-hydrogen) atoms. The molecule has 0 amide bonds. The zero-order valence-corrected chi connectivity index (χ0v) is 24.0. The molecule has 1 aromatic rings. The van der Waals surface area contributed by atoms with Gasteiger partial charge in [0, 0.05) is 24.3 Å². The maximum Gasteiger partial charge on any atom is 0.414 e. The van der Waals surface area contributed by atoms with Crippen LogP contribution in [0.1, 0.15) is 51.5 Å². The molecule has 0 bridgehead atoms. The van der Waals surface area contributed by atoms with Crippen LogP contribution >= 0.6 is 0 Å². The fourth-order valence-electron chi connectivity index (χ4n) is 5.09. The van der Waals surface area contributed by atoms with Crippen LogP contribution in [0.4, 0.5) is 0 Å². The molecule has 218 valence electrons. The molecule has 0 radical (unpaired) electrons. The third-order valence-corrected chi connectivity index (χ3v) is 7.12. The van der Waals surface area contributed by atoms with Gasteiger partial charge in [0.05, 0.1) is 28.4 Å². The van der Waals surface area contributed by atoms with Crippen LogP contribution < -0.4 is 10.1 Å². The first-order valence-electron chi connectivity index (χ1n) is 12.9. The van der Waals surface area contributed by atoms with Gasteiger partial charge in [0.15, 0.2) is 11.5 Å². The summed E-state index contributed by atoms with van der Waals surface area (Å²) < 4.78 is 22.6. The number of hydrogen-bond donors (Lipinski definition) is 3. The lowest BCUT2D eigenvalue weighted by molar-refractivity contribution is -0.159. The Hall–Kier alpha value is -3.53. The first-order chi connectivity index (χ1) is 18.5. The Morgan fingerprint density at radius 2 is 1.69 bits per heavy atom. The van der Waals surface area contributed by atoms with Crippen LogP contribution in [0.2, 0.25) is 0 Å². The molecule has 0 aromatic heterocycles. The topological polar surface area (TPSA) is 141 Å². The smallest absolute Gasteiger partial charge is 0.414 e. The van der Waals surface area contributed by atoms with Crippen molar-refractivity contribution < 1.29 is 43.5 Å². The highest BCUT2D eigenvalue weighted by Crippen LogP contribution is 2.53. The molecule has 3 atom stereocenters. The van der Waals surface area contributed by atoms with E-state index in [2.05, 4.69) is 38.2 Å². The Morgan fingerprint density at radius 1 is 1.03 bits per heavy atom. The van der Waals surface area contributed by atoms with Crippen LogP contribution in [0, 0.1) is 17.3 Å². The third kappa shape index (κ3) is 8.74. The number of aldehydes is 1. The molecule has 0 spiro atoms. The highest BCUT2D eigenvalue weighted by atomic mass is 16.5. The molecule has 1 aliphatic rings. The number of nitrogens with one attached hydrogen (secondary N) is 1. The van der Waals surface area contributed by atoms with Gasteiger partial charge in [0.1, 0.15) is 17.8 Å². The first kappa shape index (κ1) is 33.5. The van der Waals surface area contributed by atoms with E-state index in [9.17, 15) is 4.79 Å². The van der Waals surface area contributed by atoms with Gasteiger partial charge >= 0.3 is 11.9 Å². The van der Waals surface area contributed by atoms with Crippen molar-refractivity contribution in [1.29, 1.82) is 0 Å². The largest absolute Gasteiger partial charge is 0.497 e. The Balaban J connectivity index is 0.00000113. The molecule has 0 heterocycles. The lowest BCUT2D eigenvalue weighted by Gasteiger charge is -2.46. The van der Waals surface area contributed by atoms with Gasteiger partial charge in [-0.15, -0.1) is 0 Å². The summed E-state index contributed by atoms with van der Waals surface area (Å²) in [5, 5.41) is 18.4. The average molecular weight is 550 g/mol. The van der Waals surface area contributed by atoms with Crippen molar-refractivity contribution in [2.24, 2.45) is 17.3 Å². The number of rotatable bonds is 14. The number of allylic oxidation sites excluding steroid dienone is 2. The van der Waals surface area contributed by atoms with E-state index in [1.54, 1.807) is 28.4 Å². The van der Waals surface area contributed by atoms with Gasteiger partial charge in [-0.1, -0.05) is 32.9 Å². The first-order valence-corrected chi connectivity index (χ1v) is 12.9. The minimum atomic E-state index is -1.82. The predicted molar refractivity (Wildman–Crippen MR) is 146 cm³/mol. The highest BCUT2D eigenvalue weighted by molar-refractivity contribution is 6.27. The van der Waals surface area contributed by atoms with Crippen LogP contribution in [0.3, 0.4) is 0 Å². The number of benzene rings is 1. The van der Waals surface area contributed by atoms with Crippen LogP contribution in [0.25, 0.3) is 0 Å². The number of carbonyl (C=O) groups is 3. The van der Waals surface area contributed by atoms with Crippen molar-refractivity contribution in [2.75, 3.05) is 41.5 Å². The molecular formula is C29H43NO9. The molecule has 0 aliphatic heterocycles. The lowest BCUT2D eigenvalue weighted by atomic mass is 9.60. The minimum Gasteiger partial charge on any atom is -0.497 e. The van der Waals surface area contributed by atoms with Crippen molar-refractivity contribution in [3.8, 4) is 5.75 Å². The molecule has 3 unspecified atom stereocenters. The summed E-state index contributed by atoms with van der Waals surface area (Å²) in [5.74, 6) is -0.145. The van der Waals surface area contributed by atoms with E-state index in [1.807, 2.05) is 18.2 Å². The molecule has 1 aliphatic carbocycles. The van der Waals surface area contributed by atoms with Crippen molar-refractivity contribution in [1.82, 2.24) is 5.32 Å². The van der Waals surface area contributed by atoms with Crippen molar-refractivity contribution in [2.45, 2.75) is 46.0 Å². The zero-order valence-electron chi connectivity index (χ0n) is 24.0. The summed E-state index contributed by atoms with van der Waals surface area (Å²) in [5.41, 5.74) is 0.911. The fraction of sp³-hybridized carbons (Fsp3) is 0.552. The number of aliphatic carboxylic acids is 2. The number of carboxylic acids is 2. The summed E-state index contributed by atoms with van der Waals surface area (Å²) in [6, 6.07) is 8.22. The van der Waals surface area contributed by atoms with E-state index in [0.717, 1.165) is 43.7 Å². The summed E-state index contributed by atoms with van der Waals surface area (Å²) >= 11 is 0. The highest BCUT2D eigenvalue weighted by Gasteiger charge is 2.49. The molecule has 0 saturated carbocycles. The Labute approximate surface area is 231 Å². The normalized spacial score (nSPS) is 19.3. The monoisotopic (exact) mass is 549 g/mol. The van der Waals surface area contributed by atoms with E-state index in [0.29, 0.717) is 23.9 Å². The standard InChI is InChI=1S/C27H41NO5.C2H2O4/c1-19(2)27(22(12-15-29)17-24(31-5)25(32-6)26(27)33-7)13-9-14-28-18-20(3)21-10-8-11-23(16-21)30-4;3-1(4)2(5)6/h8,10-11,15-17,19-20,22,28H,9,12-14,18H2,1-7H3;(H,3,4)(H,5,6). The Bertz CT molecular complexity index is 1010. The lowest BCUT2D eigenvalue weighted by Crippen LogP contribution is -2.42. The molecule has 1 aromatic carbocycles.